The zero-order chi connectivity index (χ0) is 18.8. The van der Waals surface area contributed by atoms with Crippen molar-refractivity contribution >= 4 is 34.1 Å². The zero-order valence-corrected chi connectivity index (χ0v) is 16.3. The highest BCUT2D eigenvalue weighted by Gasteiger charge is 2.30. The van der Waals surface area contributed by atoms with E-state index in [2.05, 4.69) is 5.32 Å². The van der Waals surface area contributed by atoms with Crippen LogP contribution in [0.15, 0.2) is 0 Å². The summed E-state index contributed by atoms with van der Waals surface area (Å²) in [6, 6.07) is -0.0912. The number of ether oxygens (including phenoxy) is 1. The van der Waals surface area contributed by atoms with Crippen molar-refractivity contribution in [1.82, 2.24) is 10.2 Å². The van der Waals surface area contributed by atoms with Crippen molar-refractivity contribution in [2.24, 2.45) is 0 Å². The molecule has 0 bridgehead atoms. The van der Waals surface area contributed by atoms with Gasteiger partial charge >= 0.3 is 6.03 Å². The van der Waals surface area contributed by atoms with Gasteiger partial charge in [-0.15, -0.1) is 11.3 Å². The topological polar surface area (TPSA) is 79.0 Å². The lowest BCUT2D eigenvalue weighted by atomic mass is 10.1. The highest BCUT2D eigenvalue weighted by molar-refractivity contribution is 7.17. The molecule has 26 heavy (non-hydrogen) atoms. The first-order valence-corrected chi connectivity index (χ1v) is 9.75. The molecule has 0 spiro atoms. The predicted octanol–water partition coefficient (Wildman–Crippen LogP) is 2.32. The number of hydrogen-bond donors (Lipinski definition) is 1. The van der Waals surface area contributed by atoms with Gasteiger partial charge in [0, 0.05) is 31.5 Å². The van der Waals surface area contributed by atoms with E-state index in [-0.39, 0.29) is 23.8 Å². The van der Waals surface area contributed by atoms with Gasteiger partial charge in [0.1, 0.15) is 5.00 Å². The number of nitrogens with zero attached hydrogens (tertiary/aromatic N) is 2. The van der Waals surface area contributed by atoms with Crippen LogP contribution in [0.3, 0.4) is 0 Å². The summed E-state index contributed by atoms with van der Waals surface area (Å²) < 4.78 is 5.68. The molecule has 1 unspecified atom stereocenters. The molecular weight excluding hydrogens is 354 g/mol. The minimum Gasteiger partial charge on any atom is -0.376 e. The first kappa shape index (κ1) is 18.8. The second kappa shape index (κ2) is 7.75. The maximum Gasteiger partial charge on any atom is 0.317 e. The maximum atomic E-state index is 12.3. The van der Waals surface area contributed by atoms with E-state index in [0.29, 0.717) is 36.7 Å². The lowest BCUT2D eigenvalue weighted by Gasteiger charge is -2.24. The van der Waals surface area contributed by atoms with Gasteiger partial charge in [-0.2, -0.15) is 0 Å². The molecule has 0 saturated carbocycles. The third kappa shape index (κ3) is 3.76. The molecule has 8 heteroatoms. The van der Waals surface area contributed by atoms with E-state index in [9.17, 15) is 14.4 Å². The molecule has 3 rings (SSSR count). The van der Waals surface area contributed by atoms with Crippen LogP contribution in [0.5, 0.6) is 0 Å². The summed E-state index contributed by atoms with van der Waals surface area (Å²) in [5.41, 5.74) is 1.44. The average Bonchev–Trinajstić information content (AvgIpc) is 3.28. The van der Waals surface area contributed by atoms with Crippen LogP contribution in [0.1, 0.15) is 47.5 Å². The molecule has 2 saturated heterocycles. The minimum atomic E-state index is -0.102. The van der Waals surface area contributed by atoms with Gasteiger partial charge < -0.3 is 19.9 Å². The number of rotatable bonds is 6. The number of anilines is 1. The van der Waals surface area contributed by atoms with Gasteiger partial charge in [-0.05, 0) is 32.3 Å². The largest absolute Gasteiger partial charge is 0.376 e. The second-order valence-corrected chi connectivity index (χ2v) is 7.89. The minimum absolute atomic E-state index is 0.00826. The first-order chi connectivity index (χ1) is 12.4. The number of amides is 3. The Bertz CT molecular complexity index is 724. The Labute approximate surface area is 157 Å². The Morgan fingerprint density at radius 3 is 2.69 bits per heavy atom. The lowest BCUT2D eigenvalue weighted by molar-refractivity contribution is -0.116. The van der Waals surface area contributed by atoms with Gasteiger partial charge in [-0.3, -0.25) is 9.59 Å². The van der Waals surface area contributed by atoms with E-state index in [1.54, 1.807) is 9.80 Å². The van der Waals surface area contributed by atoms with Crippen LogP contribution in [-0.4, -0.2) is 55.0 Å². The van der Waals surface area contributed by atoms with Crippen LogP contribution in [-0.2, 0) is 16.1 Å². The molecule has 1 aromatic rings. The number of urea groups is 1. The molecule has 1 N–H and O–H groups in total. The fourth-order valence-electron chi connectivity index (χ4n) is 3.48. The van der Waals surface area contributed by atoms with Gasteiger partial charge in [-0.1, -0.05) is 0 Å². The number of carbonyl (C=O) groups excluding carboxylic acids is 3. The smallest absolute Gasteiger partial charge is 0.317 e. The van der Waals surface area contributed by atoms with Crippen LogP contribution < -0.4 is 10.2 Å². The van der Waals surface area contributed by atoms with Crippen molar-refractivity contribution in [2.45, 2.75) is 46.3 Å². The van der Waals surface area contributed by atoms with Crippen molar-refractivity contribution in [2.75, 3.05) is 31.1 Å². The fourth-order valence-corrected chi connectivity index (χ4v) is 4.90. The third-order valence-corrected chi connectivity index (χ3v) is 6.19. The summed E-state index contributed by atoms with van der Waals surface area (Å²) in [7, 11) is 0. The number of Topliss-reactive ketones (excluding diaryl/α,β-unsaturated/α-hetero) is 1. The summed E-state index contributed by atoms with van der Waals surface area (Å²) in [5.74, 6) is -0.167. The molecule has 7 nitrogen and oxygen atoms in total. The summed E-state index contributed by atoms with van der Waals surface area (Å²) >= 11 is 1.43. The maximum absolute atomic E-state index is 12.3. The number of carbonyl (C=O) groups is 3. The Balaban J connectivity index is 1.92. The highest BCUT2D eigenvalue weighted by atomic mass is 32.1. The molecule has 3 heterocycles. The molecule has 0 radical (unpaired) electrons. The van der Waals surface area contributed by atoms with E-state index in [0.717, 1.165) is 29.9 Å². The van der Waals surface area contributed by atoms with E-state index >= 15 is 0 Å². The van der Waals surface area contributed by atoms with Gasteiger partial charge in [-0.25, -0.2) is 4.79 Å². The van der Waals surface area contributed by atoms with E-state index < -0.39 is 0 Å². The number of thiophene rings is 1. The fraction of sp³-hybridized carbons (Fsp3) is 0.611. The standard InChI is InChI=1S/C18H25N3O4S/c1-11-15(10-20-7-6-19-18(20)24)26-17(16(11)12(2)22)21(13(3)23)9-14-5-4-8-25-14/h14H,4-10H2,1-3H3,(H,19,24). The quantitative estimate of drug-likeness (QED) is 0.770. The Kier molecular flexibility index (Phi) is 5.62. The predicted molar refractivity (Wildman–Crippen MR) is 99.9 cm³/mol. The molecule has 142 valence electrons. The molecule has 2 aliphatic rings. The van der Waals surface area contributed by atoms with E-state index in [1.165, 1.54) is 25.2 Å². The lowest BCUT2D eigenvalue weighted by Crippen LogP contribution is -2.36. The highest BCUT2D eigenvalue weighted by Crippen LogP contribution is 2.38. The summed E-state index contributed by atoms with van der Waals surface area (Å²) in [6.07, 6.45) is 1.92. The molecule has 0 aliphatic carbocycles. The number of nitrogens with one attached hydrogen (secondary N) is 1. The van der Waals surface area contributed by atoms with Crippen molar-refractivity contribution in [3.8, 4) is 0 Å². The van der Waals surface area contributed by atoms with Gasteiger partial charge in [0.25, 0.3) is 0 Å². The summed E-state index contributed by atoms with van der Waals surface area (Å²) in [4.78, 5) is 40.8. The molecule has 3 amide bonds. The second-order valence-electron chi connectivity index (χ2n) is 6.80. The first-order valence-electron chi connectivity index (χ1n) is 8.94. The third-order valence-electron chi connectivity index (χ3n) is 4.89. The molecule has 0 aromatic carbocycles. The zero-order valence-electron chi connectivity index (χ0n) is 15.5. The Hall–Kier alpha value is -1.93. The van der Waals surface area contributed by atoms with Crippen molar-refractivity contribution in [3.05, 3.63) is 16.0 Å². The molecule has 2 aliphatic heterocycles. The molecule has 1 atom stereocenters. The van der Waals surface area contributed by atoms with Gasteiger partial charge in [0.05, 0.1) is 24.8 Å². The van der Waals surface area contributed by atoms with Crippen LogP contribution in [0.2, 0.25) is 0 Å². The Morgan fingerprint density at radius 2 is 2.15 bits per heavy atom. The Morgan fingerprint density at radius 1 is 1.38 bits per heavy atom. The number of hydrogen-bond acceptors (Lipinski definition) is 5. The monoisotopic (exact) mass is 379 g/mol. The normalized spacial score (nSPS) is 19.7. The summed E-state index contributed by atoms with van der Waals surface area (Å²) in [6.45, 7) is 7.84. The van der Waals surface area contributed by atoms with Gasteiger partial charge in [0.2, 0.25) is 5.91 Å². The molecule has 1 aromatic heterocycles. The SMILES string of the molecule is CC(=O)c1c(N(CC2CCCO2)C(C)=O)sc(CN2CCNC2=O)c1C. The van der Waals surface area contributed by atoms with Crippen molar-refractivity contribution < 1.29 is 19.1 Å². The van der Waals surface area contributed by atoms with Gasteiger partial charge in [0.15, 0.2) is 5.78 Å². The van der Waals surface area contributed by atoms with E-state index in [1.807, 2.05) is 6.92 Å². The van der Waals surface area contributed by atoms with Crippen LogP contribution in [0.25, 0.3) is 0 Å². The molecular formula is C18H25N3O4S. The molecule has 2 fully saturated rings. The summed E-state index contributed by atoms with van der Waals surface area (Å²) in [5, 5.41) is 3.46. The van der Waals surface area contributed by atoms with E-state index in [4.69, 9.17) is 4.74 Å². The van der Waals surface area contributed by atoms with Crippen LogP contribution in [0.4, 0.5) is 9.80 Å². The number of ketones is 1. The van der Waals surface area contributed by atoms with Crippen LogP contribution in [0, 0.1) is 6.92 Å². The van der Waals surface area contributed by atoms with Crippen molar-refractivity contribution in [1.29, 1.82) is 0 Å². The average molecular weight is 379 g/mol. The van der Waals surface area contributed by atoms with Crippen LogP contribution >= 0.6 is 11.3 Å². The van der Waals surface area contributed by atoms with Crippen molar-refractivity contribution in [3.63, 3.8) is 0 Å².